The molecule has 0 aliphatic rings. The zero-order chi connectivity index (χ0) is 16.0. The lowest BCUT2D eigenvalue weighted by Gasteiger charge is -2.29. The largest absolute Gasteiger partial charge is 0.497 e. The summed E-state index contributed by atoms with van der Waals surface area (Å²) in [7, 11) is 3.22. The van der Waals surface area contributed by atoms with E-state index in [4.69, 9.17) is 9.47 Å². The van der Waals surface area contributed by atoms with Gasteiger partial charge in [0.1, 0.15) is 11.5 Å². The van der Waals surface area contributed by atoms with Crippen molar-refractivity contribution >= 4 is 12.0 Å². The minimum absolute atomic E-state index is 0.00938. The summed E-state index contributed by atoms with van der Waals surface area (Å²) in [5.41, 5.74) is 0.817. The Morgan fingerprint density at radius 1 is 1.10 bits per heavy atom. The maximum Gasteiger partial charge on any atom is 0.247 e. The quantitative estimate of drug-likeness (QED) is 0.754. The molecule has 0 unspecified atom stereocenters. The molecule has 1 aromatic carbocycles. The Kier molecular flexibility index (Phi) is 6.28. The summed E-state index contributed by atoms with van der Waals surface area (Å²) in [6, 6.07) is 5.82. The van der Waals surface area contributed by atoms with Gasteiger partial charge < -0.3 is 14.4 Å². The van der Waals surface area contributed by atoms with Crippen LogP contribution in [0.25, 0.3) is 6.08 Å². The molecule has 1 amide bonds. The Bertz CT molecular complexity index is 499. The Labute approximate surface area is 127 Å². The van der Waals surface area contributed by atoms with E-state index in [9.17, 15) is 4.79 Å². The first-order valence-electron chi connectivity index (χ1n) is 7.13. The normalized spacial score (nSPS) is 11.2. The third kappa shape index (κ3) is 4.52. The number of nitrogens with zero attached hydrogens (tertiary/aromatic N) is 1. The van der Waals surface area contributed by atoms with Crippen LogP contribution in [0.3, 0.4) is 0 Å². The van der Waals surface area contributed by atoms with Crippen LogP contribution in [0.4, 0.5) is 0 Å². The van der Waals surface area contributed by atoms with Crippen molar-refractivity contribution in [1.29, 1.82) is 0 Å². The van der Waals surface area contributed by atoms with Gasteiger partial charge >= 0.3 is 0 Å². The molecule has 0 radical (unpaired) electrons. The van der Waals surface area contributed by atoms with Gasteiger partial charge in [-0.1, -0.05) is 0 Å². The van der Waals surface area contributed by atoms with Crippen molar-refractivity contribution in [3.8, 4) is 11.5 Å². The molecule has 1 rings (SSSR count). The first-order chi connectivity index (χ1) is 9.90. The molecule has 0 spiro atoms. The first-order valence-corrected chi connectivity index (χ1v) is 7.13. The average molecular weight is 291 g/mol. The van der Waals surface area contributed by atoms with Crippen LogP contribution in [0.2, 0.25) is 0 Å². The molecular weight excluding hydrogens is 266 g/mol. The predicted molar refractivity (Wildman–Crippen MR) is 85.7 cm³/mol. The smallest absolute Gasteiger partial charge is 0.247 e. The van der Waals surface area contributed by atoms with Crippen LogP contribution in [-0.2, 0) is 4.79 Å². The summed E-state index contributed by atoms with van der Waals surface area (Å²) >= 11 is 0. The van der Waals surface area contributed by atoms with Crippen LogP contribution in [0.5, 0.6) is 11.5 Å². The van der Waals surface area contributed by atoms with Crippen LogP contribution >= 0.6 is 0 Å². The van der Waals surface area contributed by atoms with E-state index >= 15 is 0 Å². The van der Waals surface area contributed by atoms with Crippen molar-refractivity contribution in [2.45, 2.75) is 39.8 Å². The van der Waals surface area contributed by atoms with Crippen molar-refractivity contribution in [3.63, 3.8) is 0 Å². The van der Waals surface area contributed by atoms with E-state index in [2.05, 4.69) is 0 Å². The van der Waals surface area contributed by atoms with Crippen LogP contribution < -0.4 is 9.47 Å². The van der Waals surface area contributed by atoms with Gasteiger partial charge in [-0.3, -0.25) is 4.79 Å². The van der Waals surface area contributed by atoms with Gasteiger partial charge in [-0.15, -0.1) is 0 Å². The summed E-state index contributed by atoms with van der Waals surface area (Å²) in [5, 5.41) is 0. The number of hydrogen-bond donors (Lipinski definition) is 0. The number of carbonyl (C=O) groups excluding carboxylic acids is 1. The molecule has 0 N–H and O–H groups in total. The molecule has 0 aliphatic heterocycles. The zero-order valence-corrected chi connectivity index (χ0v) is 13.7. The van der Waals surface area contributed by atoms with E-state index in [0.29, 0.717) is 5.75 Å². The monoisotopic (exact) mass is 291 g/mol. The molecular formula is C17H25NO3. The molecule has 0 fully saturated rings. The molecule has 1 aromatic rings. The average Bonchev–Trinajstić information content (AvgIpc) is 2.43. The third-order valence-electron chi connectivity index (χ3n) is 3.21. The van der Waals surface area contributed by atoms with Gasteiger partial charge in [0, 0.05) is 23.7 Å². The van der Waals surface area contributed by atoms with E-state index in [-0.39, 0.29) is 18.0 Å². The summed E-state index contributed by atoms with van der Waals surface area (Å²) < 4.78 is 10.5. The van der Waals surface area contributed by atoms with Gasteiger partial charge in [0.2, 0.25) is 5.91 Å². The fraction of sp³-hybridized carbons (Fsp3) is 0.471. The summed E-state index contributed by atoms with van der Waals surface area (Å²) in [6.07, 6.45) is 3.35. The molecule has 4 nitrogen and oxygen atoms in total. The van der Waals surface area contributed by atoms with Crippen LogP contribution in [0.1, 0.15) is 33.3 Å². The van der Waals surface area contributed by atoms with E-state index in [1.807, 2.05) is 50.8 Å². The zero-order valence-electron chi connectivity index (χ0n) is 13.7. The standard InChI is InChI=1S/C17H25NO3/c1-12(2)18(13(3)4)17(19)10-7-14-11-15(20-5)8-9-16(14)21-6/h7-13H,1-6H3. The molecule has 0 bridgehead atoms. The summed E-state index contributed by atoms with van der Waals surface area (Å²) in [6.45, 7) is 8.05. The fourth-order valence-corrected chi connectivity index (χ4v) is 2.32. The molecule has 0 atom stereocenters. The number of ether oxygens (including phenoxy) is 2. The molecule has 21 heavy (non-hydrogen) atoms. The minimum Gasteiger partial charge on any atom is -0.497 e. The number of benzene rings is 1. The number of amides is 1. The van der Waals surface area contributed by atoms with Crippen molar-refractivity contribution in [1.82, 2.24) is 4.90 Å². The highest BCUT2D eigenvalue weighted by atomic mass is 16.5. The number of methoxy groups -OCH3 is 2. The number of rotatable bonds is 6. The second kappa shape index (κ2) is 7.72. The highest BCUT2D eigenvalue weighted by molar-refractivity contribution is 5.92. The lowest BCUT2D eigenvalue weighted by molar-refractivity contribution is -0.129. The van der Waals surface area contributed by atoms with Crippen molar-refractivity contribution in [3.05, 3.63) is 29.8 Å². The Morgan fingerprint density at radius 3 is 2.19 bits per heavy atom. The SMILES string of the molecule is COc1ccc(OC)c(C=CC(=O)N(C(C)C)C(C)C)c1. The van der Waals surface area contributed by atoms with Crippen molar-refractivity contribution in [2.24, 2.45) is 0 Å². The van der Waals surface area contributed by atoms with E-state index in [1.165, 1.54) is 0 Å². The maximum absolute atomic E-state index is 12.3. The second-order valence-corrected chi connectivity index (χ2v) is 5.37. The third-order valence-corrected chi connectivity index (χ3v) is 3.21. The van der Waals surface area contributed by atoms with Crippen LogP contribution in [-0.4, -0.2) is 37.1 Å². The van der Waals surface area contributed by atoms with Gasteiger partial charge in [-0.05, 0) is 52.0 Å². The molecule has 0 aliphatic carbocycles. The van der Waals surface area contributed by atoms with Gasteiger partial charge in [-0.25, -0.2) is 0 Å². The fourth-order valence-electron chi connectivity index (χ4n) is 2.32. The van der Waals surface area contributed by atoms with Crippen LogP contribution in [0.15, 0.2) is 24.3 Å². The van der Waals surface area contributed by atoms with E-state index in [1.54, 1.807) is 26.4 Å². The molecule has 0 saturated heterocycles. The van der Waals surface area contributed by atoms with Gasteiger partial charge in [-0.2, -0.15) is 0 Å². The Hall–Kier alpha value is -1.97. The summed E-state index contributed by atoms with van der Waals surface area (Å²) in [5.74, 6) is 1.43. The molecule has 0 heterocycles. The highest BCUT2D eigenvalue weighted by Crippen LogP contribution is 2.25. The Morgan fingerprint density at radius 2 is 1.71 bits per heavy atom. The lowest BCUT2D eigenvalue weighted by atomic mass is 10.1. The Balaban J connectivity index is 3.00. The van der Waals surface area contributed by atoms with Gasteiger partial charge in [0.05, 0.1) is 14.2 Å². The minimum atomic E-state index is -0.00938. The molecule has 116 valence electrons. The molecule has 4 heteroatoms. The van der Waals surface area contributed by atoms with E-state index < -0.39 is 0 Å². The highest BCUT2D eigenvalue weighted by Gasteiger charge is 2.17. The molecule has 0 saturated carbocycles. The van der Waals surface area contributed by atoms with Crippen molar-refractivity contribution in [2.75, 3.05) is 14.2 Å². The van der Waals surface area contributed by atoms with Gasteiger partial charge in [0.15, 0.2) is 0 Å². The number of carbonyl (C=O) groups is 1. The maximum atomic E-state index is 12.3. The lowest BCUT2D eigenvalue weighted by Crippen LogP contribution is -2.41. The molecule has 0 aromatic heterocycles. The predicted octanol–water partition coefficient (Wildman–Crippen LogP) is 3.36. The first kappa shape index (κ1) is 17.1. The van der Waals surface area contributed by atoms with Crippen molar-refractivity contribution < 1.29 is 14.3 Å². The van der Waals surface area contributed by atoms with Gasteiger partial charge in [0.25, 0.3) is 0 Å². The number of hydrogen-bond acceptors (Lipinski definition) is 3. The summed E-state index contributed by atoms with van der Waals surface area (Å²) in [4.78, 5) is 14.2. The van der Waals surface area contributed by atoms with Crippen LogP contribution in [0, 0.1) is 0 Å². The second-order valence-electron chi connectivity index (χ2n) is 5.37. The van der Waals surface area contributed by atoms with E-state index in [0.717, 1.165) is 11.3 Å². The topological polar surface area (TPSA) is 38.8 Å².